The number of rotatable bonds is 1. The van der Waals surface area contributed by atoms with E-state index in [9.17, 15) is 10.1 Å². The molecule has 0 atom stereocenters. The Bertz CT molecular complexity index is 468. The highest BCUT2D eigenvalue weighted by Gasteiger charge is 2.16. The molecule has 0 bridgehead atoms. The predicted octanol–water partition coefficient (Wildman–Crippen LogP) is 2.28. The van der Waals surface area contributed by atoms with Crippen molar-refractivity contribution in [2.75, 3.05) is 5.73 Å². The summed E-state index contributed by atoms with van der Waals surface area (Å²) in [5.74, 6) is 0. The van der Waals surface area contributed by atoms with Crippen molar-refractivity contribution < 1.29 is 4.92 Å². The average molecular weight is 188 g/mol. The van der Waals surface area contributed by atoms with Gasteiger partial charge in [0.25, 0.3) is 5.69 Å². The van der Waals surface area contributed by atoms with Gasteiger partial charge in [0.15, 0.2) is 0 Å². The van der Waals surface area contributed by atoms with Gasteiger partial charge in [0.1, 0.15) is 0 Å². The molecule has 4 nitrogen and oxygen atoms in total. The Morgan fingerprint density at radius 1 is 1.07 bits per heavy atom. The van der Waals surface area contributed by atoms with Gasteiger partial charge < -0.3 is 5.73 Å². The minimum absolute atomic E-state index is 0.121. The highest BCUT2D eigenvalue weighted by atomic mass is 16.6. The van der Waals surface area contributed by atoms with Gasteiger partial charge >= 0.3 is 0 Å². The second kappa shape index (κ2) is 2.99. The molecular formula is C10H8N2O2. The van der Waals surface area contributed by atoms with Gasteiger partial charge in [0.2, 0.25) is 0 Å². The van der Waals surface area contributed by atoms with E-state index in [0.29, 0.717) is 11.3 Å². The van der Waals surface area contributed by atoms with E-state index in [-0.39, 0.29) is 5.69 Å². The normalized spacial score (nSPS) is 10.3. The lowest BCUT2D eigenvalue weighted by Gasteiger charge is -1.90. The van der Waals surface area contributed by atoms with Crippen LogP contribution in [-0.2, 0) is 0 Å². The van der Waals surface area contributed by atoms with E-state index < -0.39 is 4.92 Å². The van der Waals surface area contributed by atoms with Crippen LogP contribution < -0.4 is 5.73 Å². The van der Waals surface area contributed by atoms with Crippen molar-refractivity contribution in [1.29, 1.82) is 0 Å². The zero-order valence-corrected chi connectivity index (χ0v) is 7.31. The maximum absolute atomic E-state index is 10.6. The Morgan fingerprint density at radius 3 is 2.43 bits per heavy atom. The van der Waals surface area contributed by atoms with E-state index in [4.69, 9.17) is 5.73 Å². The van der Waals surface area contributed by atoms with Gasteiger partial charge in [-0.2, -0.15) is 0 Å². The van der Waals surface area contributed by atoms with E-state index in [0.717, 1.165) is 5.56 Å². The van der Waals surface area contributed by atoms with Crippen LogP contribution in [0.2, 0.25) is 0 Å². The average Bonchev–Trinajstić information content (AvgIpc) is 2.46. The Labute approximate surface area is 80.5 Å². The lowest BCUT2D eigenvalue weighted by atomic mass is 10.2. The Kier molecular flexibility index (Phi) is 1.81. The molecule has 0 saturated heterocycles. The number of hydrogen-bond donors (Lipinski definition) is 1. The third kappa shape index (κ3) is 1.26. The van der Waals surface area contributed by atoms with E-state index >= 15 is 0 Å². The molecule has 0 aromatic heterocycles. The molecule has 0 radical (unpaired) electrons. The molecule has 0 saturated carbocycles. The topological polar surface area (TPSA) is 69.2 Å². The van der Waals surface area contributed by atoms with Gasteiger partial charge in [0, 0.05) is 11.8 Å². The Balaban J connectivity index is 2.68. The summed E-state index contributed by atoms with van der Waals surface area (Å²) in [4.78, 5) is 10.2. The number of nitrogens with zero attached hydrogens (tertiary/aromatic N) is 1. The maximum atomic E-state index is 10.6. The first-order valence-corrected chi connectivity index (χ1v) is 4.11. The van der Waals surface area contributed by atoms with Crippen LogP contribution in [0.1, 0.15) is 0 Å². The van der Waals surface area contributed by atoms with Gasteiger partial charge in [-0.15, -0.1) is 0 Å². The summed E-state index contributed by atoms with van der Waals surface area (Å²) in [7, 11) is 0. The minimum atomic E-state index is -0.390. The van der Waals surface area contributed by atoms with Crippen molar-refractivity contribution >= 4 is 11.4 Å². The summed E-state index contributed by atoms with van der Waals surface area (Å²) < 4.78 is 0. The highest BCUT2D eigenvalue weighted by Crippen LogP contribution is 2.33. The first-order chi connectivity index (χ1) is 6.68. The largest absolute Gasteiger partial charge is 0.399 e. The van der Waals surface area contributed by atoms with Gasteiger partial charge in [-0.05, 0) is 29.8 Å². The molecule has 0 aromatic rings. The van der Waals surface area contributed by atoms with Crippen molar-refractivity contribution in [3.8, 4) is 11.1 Å². The number of nitrogens with two attached hydrogens (primary N) is 1. The highest BCUT2D eigenvalue weighted by molar-refractivity contribution is 5.77. The monoisotopic (exact) mass is 188 g/mol. The summed E-state index contributed by atoms with van der Waals surface area (Å²) in [5, 5.41) is 10.6. The number of anilines is 1. The van der Waals surface area contributed by atoms with Crippen LogP contribution in [-0.4, -0.2) is 4.92 Å². The van der Waals surface area contributed by atoms with E-state index in [1.165, 1.54) is 6.07 Å². The van der Waals surface area contributed by atoms with E-state index in [2.05, 4.69) is 0 Å². The fourth-order valence-electron chi connectivity index (χ4n) is 1.40. The van der Waals surface area contributed by atoms with Crippen LogP contribution in [0.3, 0.4) is 0 Å². The van der Waals surface area contributed by atoms with Crippen molar-refractivity contribution in [3.05, 3.63) is 46.5 Å². The second-order valence-corrected chi connectivity index (χ2v) is 3.01. The second-order valence-electron chi connectivity index (χ2n) is 3.01. The summed E-state index contributed by atoms with van der Waals surface area (Å²) >= 11 is 0. The van der Waals surface area contributed by atoms with Crippen LogP contribution in [0.5, 0.6) is 0 Å². The fraction of sp³-hybridized carbons (Fsp3) is 0. The van der Waals surface area contributed by atoms with Crippen LogP contribution >= 0.6 is 0 Å². The maximum Gasteiger partial charge on any atom is 0.277 e. The molecule has 14 heavy (non-hydrogen) atoms. The first kappa shape index (κ1) is 8.50. The molecule has 2 aliphatic carbocycles. The summed E-state index contributed by atoms with van der Waals surface area (Å²) in [6.45, 7) is 0. The number of hydrogen-bond acceptors (Lipinski definition) is 3. The smallest absolute Gasteiger partial charge is 0.277 e. The molecule has 0 amide bonds. The van der Waals surface area contributed by atoms with Crippen molar-refractivity contribution in [2.24, 2.45) is 0 Å². The summed E-state index contributed by atoms with van der Waals surface area (Å²) in [6, 6.07) is 10.1. The van der Waals surface area contributed by atoms with Crippen molar-refractivity contribution in [3.63, 3.8) is 0 Å². The van der Waals surface area contributed by atoms with Gasteiger partial charge in [-0.3, -0.25) is 10.1 Å². The molecule has 0 fully saturated rings. The molecule has 0 spiro atoms. The van der Waals surface area contributed by atoms with Gasteiger partial charge in [-0.1, -0.05) is 6.07 Å². The number of nitrogen functional groups attached to an aromatic ring is 1. The number of nitro groups is 1. The number of fused-ring (bicyclic) bond motifs is 1. The van der Waals surface area contributed by atoms with E-state index in [1.807, 2.05) is 0 Å². The molecular weight excluding hydrogens is 180 g/mol. The van der Waals surface area contributed by atoms with Crippen LogP contribution in [0.25, 0.3) is 11.1 Å². The molecule has 2 rings (SSSR count). The zero-order valence-electron chi connectivity index (χ0n) is 7.31. The molecule has 2 N–H and O–H groups in total. The third-order valence-electron chi connectivity index (χ3n) is 2.10. The predicted molar refractivity (Wildman–Crippen MR) is 54.1 cm³/mol. The standard InChI is InChI=1S/C10H8N2O2/c11-8-3-1-7-2-6-10(12(13)14)9(7)5-4-8/h1-6H,11H2. The third-order valence-corrected chi connectivity index (χ3v) is 2.10. The van der Waals surface area contributed by atoms with Crippen LogP contribution in [0, 0.1) is 10.1 Å². The Hall–Kier alpha value is -2.10. The van der Waals surface area contributed by atoms with Crippen LogP contribution in [0.15, 0.2) is 36.4 Å². The Morgan fingerprint density at radius 2 is 1.71 bits per heavy atom. The first-order valence-electron chi connectivity index (χ1n) is 4.11. The molecule has 4 heteroatoms. The summed E-state index contributed by atoms with van der Waals surface area (Å²) in [5.41, 5.74) is 7.73. The fourth-order valence-corrected chi connectivity index (χ4v) is 1.40. The molecule has 0 aromatic carbocycles. The van der Waals surface area contributed by atoms with E-state index in [1.54, 1.807) is 30.3 Å². The SMILES string of the molecule is Nc1ccc2ccc([N+](=O)[O-])c-2cc1. The lowest BCUT2D eigenvalue weighted by molar-refractivity contribution is -0.383. The molecule has 70 valence electrons. The van der Waals surface area contributed by atoms with Crippen molar-refractivity contribution in [1.82, 2.24) is 0 Å². The van der Waals surface area contributed by atoms with Crippen LogP contribution in [0.4, 0.5) is 11.4 Å². The van der Waals surface area contributed by atoms with Crippen molar-refractivity contribution in [2.45, 2.75) is 0 Å². The summed E-state index contributed by atoms with van der Waals surface area (Å²) in [6.07, 6.45) is 0. The molecule has 2 aliphatic rings. The zero-order chi connectivity index (χ0) is 10.1. The molecule has 0 unspecified atom stereocenters. The minimum Gasteiger partial charge on any atom is -0.399 e. The lowest BCUT2D eigenvalue weighted by Crippen LogP contribution is -1.85. The molecule has 0 heterocycles. The quantitative estimate of drug-likeness (QED) is 0.551. The van der Waals surface area contributed by atoms with Gasteiger partial charge in [-0.25, -0.2) is 0 Å². The molecule has 0 aliphatic heterocycles. The van der Waals surface area contributed by atoms with Gasteiger partial charge in [0.05, 0.1) is 10.5 Å².